The third-order valence-electron chi connectivity index (χ3n) is 2.99. The summed E-state index contributed by atoms with van der Waals surface area (Å²) in [4.78, 5) is 11.7. The molecule has 2 N–H and O–H groups in total. The minimum absolute atomic E-state index is 0.102. The van der Waals surface area contributed by atoms with Gasteiger partial charge in [0, 0.05) is 12.6 Å². The van der Waals surface area contributed by atoms with E-state index in [4.69, 9.17) is 0 Å². The molecule has 118 valence electrons. The standard InChI is InChI=1S/C15H24N2O3S/c1-11(2)17-15(18)16-10-9-13-5-7-14(8-6-13)21(19,20)12(3)4/h5-8,11-12H,9-10H2,1-4H3,(H2,16,17,18). The van der Waals surface area contributed by atoms with Gasteiger partial charge in [0.15, 0.2) is 9.84 Å². The summed E-state index contributed by atoms with van der Waals surface area (Å²) >= 11 is 0. The predicted octanol–water partition coefficient (Wildman–Crippen LogP) is 2.12. The van der Waals surface area contributed by atoms with Crippen LogP contribution in [0.15, 0.2) is 29.2 Å². The van der Waals surface area contributed by atoms with Crippen LogP contribution in [0.25, 0.3) is 0 Å². The lowest BCUT2D eigenvalue weighted by Crippen LogP contribution is -2.40. The van der Waals surface area contributed by atoms with E-state index >= 15 is 0 Å². The van der Waals surface area contributed by atoms with Gasteiger partial charge in [0.25, 0.3) is 0 Å². The number of sulfone groups is 1. The Morgan fingerprint density at radius 1 is 1.10 bits per heavy atom. The molecule has 0 aliphatic carbocycles. The summed E-state index contributed by atoms with van der Waals surface area (Å²) in [6.07, 6.45) is 0.660. The van der Waals surface area contributed by atoms with Crippen molar-refractivity contribution in [3.05, 3.63) is 29.8 Å². The number of carbonyl (C=O) groups is 1. The molecule has 0 aliphatic heterocycles. The predicted molar refractivity (Wildman–Crippen MR) is 84.1 cm³/mol. The van der Waals surface area contributed by atoms with Crippen molar-refractivity contribution in [1.29, 1.82) is 0 Å². The second-order valence-corrected chi connectivity index (χ2v) is 8.05. The summed E-state index contributed by atoms with van der Waals surface area (Å²) in [5, 5.41) is 5.07. The third kappa shape index (κ3) is 5.38. The van der Waals surface area contributed by atoms with Crippen LogP contribution in [0, 0.1) is 0 Å². The van der Waals surface area contributed by atoms with Gasteiger partial charge in [-0.3, -0.25) is 0 Å². The molecule has 0 fully saturated rings. The van der Waals surface area contributed by atoms with Crippen LogP contribution in [0.5, 0.6) is 0 Å². The highest BCUT2D eigenvalue weighted by Gasteiger charge is 2.18. The van der Waals surface area contributed by atoms with E-state index in [1.54, 1.807) is 38.1 Å². The van der Waals surface area contributed by atoms with Gasteiger partial charge in [-0.05, 0) is 51.8 Å². The molecule has 1 aromatic rings. The molecule has 0 spiro atoms. The normalized spacial score (nSPS) is 11.7. The molecular weight excluding hydrogens is 288 g/mol. The van der Waals surface area contributed by atoms with Crippen molar-refractivity contribution in [2.45, 2.75) is 50.3 Å². The molecule has 6 heteroatoms. The highest BCUT2D eigenvalue weighted by Crippen LogP contribution is 2.16. The highest BCUT2D eigenvalue weighted by molar-refractivity contribution is 7.92. The minimum atomic E-state index is -3.22. The van der Waals surface area contributed by atoms with E-state index in [1.807, 2.05) is 13.8 Å². The van der Waals surface area contributed by atoms with Crippen molar-refractivity contribution < 1.29 is 13.2 Å². The summed E-state index contributed by atoms with van der Waals surface area (Å²) in [5.74, 6) is 0. The number of hydrogen-bond acceptors (Lipinski definition) is 3. The zero-order chi connectivity index (χ0) is 16.0. The minimum Gasteiger partial charge on any atom is -0.338 e. The fraction of sp³-hybridized carbons (Fsp3) is 0.533. The summed E-state index contributed by atoms with van der Waals surface area (Å²) in [6, 6.07) is 6.74. The van der Waals surface area contributed by atoms with Crippen LogP contribution in [0.1, 0.15) is 33.3 Å². The van der Waals surface area contributed by atoms with Crippen LogP contribution in [0.3, 0.4) is 0 Å². The van der Waals surface area contributed by atoms with E-state index in [2.05, 4.69) is 10.6 Å². The van der Waals surface area contributed by atoms with Gasteiger partial charge >= 0.3 is 6.03 Å². The number of carbonyl (C=O) groups excluding carboxylic acids is 1. The topological polar surface area (TPSA) is 75.3 Å². The second kappa shape index (κ2) is 7.45. The van der Waals surface area contributed by atoms with Crippen molar-refractivity contribution in [3.63, 3.8) is 0 Å². The SMILES string of the molecule is CC(C)NC(=O)NCCc1ccc(S(=O)(=O)C(C)C)cc1. The van der Waals surface area contributed by atoms with Crippen molar-refractivity contribution >= 4 is 15.9 Å². The molecule has 0 bridgehead atoms. The van der Waals surface area contributed by atoms with Gasteiger partial charge in [-0.15, -0.1) is 0 Å². The lowest BCUT2D eigenvalue weighted by molar-refractivity contribution is 0.238. The molecule has 0 saturated carbocycles. The fourth-order valence-corrected chi connectivity index (χ4v) is 2.81. The average molecular weight is 312 g/mol. The third-order valence-corrected chi connectivity index (χ3v) is 5.16. The maximum absolute atomic E-state index is 12.0. The number of hydrogen-bond donors (Lipinski definition) is 2. The molecule has 0 aromatic heterocycles. The molecule has 0 atom stereocenters. The molecule has 21 heavy (non-hydrogen) atoms. The van der Waals surface area contributed by atoms with Crippen molar-refractivity contribution in [3.8, 4) is 0 Å². The van der Waals surface area contributed by atoms with Crippen molar-refractivity contribution in [1.82, 2.24) is 10.6 Å². The Bertz CT molecular complexity index is 563. The van der Waals surface area contributed by atoms with Crippen LogP contribution >= 0.6 is 0 Å². The number of urea groups is 1. The van der Waals surface area contributed by atoms with Crippen LogP contribution < -0.4 is 10.6 Å². The molecule has 5 nitrogen and oxygen atoms in total. The Balaban J connectivity index is 2.55. The van der Waals surface area contributed by atoms with E-state index in [9.17, 15) is 13.2 Å². The van der Waals surface area contributed by atoms with E-state index in [1.165, 1.54) is 0 Å². The number of nitrogens with one attached hydrogen (secondary N) is 2. The molecule has 0 saturated heterocycles. The first-order valence-corrected chi connectivity index (χ1v) is 8.65. The van der Waals surface area contributed by atoms with E-state index in [0.717, 1.165) is 5.56 Å². The average Bonchev–Trinajstić information content (AvgIpc) is 2.38. The fourth-order valence-electron chi connectivity index (χ4n) is 1.75. The molecule has 1 rings (SSSR count). The summed E-state index contributed by atoms with van der Waals surface area (Å²) in [5.41, 5.74) is 0.988. The number of rotatable bonds is 6. The summed E-state index contributed by atoms with van der Waals surface area (Å²) < 4.78 is 24.0. The Labute approximate surface area is 127 Å². The molecular formula is C15H24N2O3S. The van der Waals surface area contributed by atoms with Gasteiger partial charge in [0.2, 0.25) is 0 Å². The van der Waals surface area contributed by atoms with Crippen LogP contribution in [0.4, 0.5) is 4.79 Å². The first-order valence-electron chi connectivity index (χ1n) is 7.10. The van der Waals surface area contributed by atoms with E-state index < -0.39 is 15.1 Å². The zero-order valence-corrected chi connectivity index (χ0v) is 13.8. The quantitative estimate of drug-likeness (QED) is 0.845. The molecule has 1 aromatic carbocycles. The first kappa shape index (κ1) is 17.5. The summed E-state index contributed by atoms with van der Waals surface area (Å²) in [6.45, 7) is 7.64. The van der Waals surface area contributed by atoms with E-state index in [-0.39, 0.29) is 12.1 Å². The highest BCUT2D eigenvalue weighted by atomic mass is 32.2. The van der Waals surface area contributed by atoms with Crippen molar-refractivity contribution in [2.24, 2.45) is 0 Å². The van der Waals surface area contributed by atoms with E-state index in [0.29, 0.717) is 17.9 Å². The van der Waals surface area contributed by atoms with Crippen LogP contribution in [-0.4, -0.2) is 32.3 Å². The second-order valence-electron chi connectivity index (χ2n) is 5.54. The first-order chi connectivity index (χ1) is 9.73. The van der Waals surface area contributed by atoms with Crippen molar-refractivity contribution in [2.75, 3.05) is 6.54 Å². The number of amides is 2. The Morgan fingerprint density at radius 2 is 1.67 bits per heavy atom. The van der Waals surface area contributed by atoms with Crippen LogP contribution in [-0.2, 0) is 16.3 Å². The molecule has 0 aliphatic rings. The smallest absolute Gasteiger partial charge is 0.314 e. The Morgan fingerprint density at radius 3 is 2.14 bits per heavy atom. The molecule has 0 unspecified atom stereocenters. The largest absolute Gasteiger partial charge is 0.338 e. The maximum Gasteiger partial charge on any atom is 0.314 e. The monoisotopic (exact) mass is 312 g/mol. The van der Waals surface area contributed by atoms with Gasteiger partial charge in [-0.1, -0.05) is 12.1 Å². The van der Waals surface area contributed by atoms with Gasteiger partial charge in [-0.25, -0.2) is 13.2 Å². The van der Waals surface area contributed by atoms with Gasteiger partial charge in [0.1, 0.15) is 0 Å². The maximum atomic E-state index is 12.0. The van der Waals surface area contributed by atoms with Gasteiger partial charge in [0.05, 0.1) is 10.1 Å². The lowest BCUT2D eigenvalue weighted by Gasteiger charge is -2.11. The summed E-state index contributed by atoms with van der Waals surface area (Å²) in [7, 11) is -3.22. The Hall–Kier alpha value is -1.56. The Kier molecular flexibility index (Phi) is 6.20. The van der Waals surface area contributed by atoms with Gasteiger partial charge < -0.3 is 10.6 Å². The number of benzene rings is 1. The van der Waals surface area contributed by atoms with Crippen LogP contribution in [0.2, 0.25) is 0 Å². The lowest BCUT2D eigenvalue weighted by atomic mass is 10.1. The molecule has 2 amide bonds. The van der Waals surface area contributed by atoms with Gasteiger partial charge in [-0.2, -0.15) is 0 Å². The molecule has 0 radical (unpaired) electrons. The zero-order valence-electron chi connectivity index (χ0n) is 13.0. The molecule has 0 heterocycles.